The van der Waals surface area contributed by atoms with Gasteiger partial charge >= 0.3 is 0 Å². The Hall–Kier alpha value is -2.73. The highest BCUT2D eigenvalue weighted by molar-refractivity contribution is 5.99. The second-order valence-corrected chi connectivity index (χ2v) is 5.25. The fourth-order valence-corrected chi connectivity index (χ4v) is 2.56. The standard InChI is InChI=1S/C18H19N3O3.ClH/c1-11-5-7-12(8-6-11)21-18-15-13(19-10-20-18)9-14(22-2)16(23-3)17(15)24-4;/h5-10H,1-4H3,(H,19,20,21);1H. The van der Waals surface area contributed by atoms with Gasteiger partial charge in [0.15, 0.2) is 11.5 Å². The summed E-state index contributed by atoms with van der Waals surface area (Å²) in [6.07, 6.45) is 1.50. The number of anilines is 2. The molecule has 2 aromatic carbocycles. The van der Waals surface area contributed by atoms with E-state index in [4.69, 9.17) is 14.2 Å². The Labute approximate surface area is 152 Å². The molecule has 0 radical (unpaired) electrons. The largest absolute Gasteiger partial charge is 0.493 e. The van der Waals surface area contributed by atoms with Gasteiger partial charge in [0.1, 0.15) is 12.1 Å². The van der Waals surface area contributed by atoms with E-state index in [1.807, 2.05) is 31.2 Å². The summed E-state index contributed by atoms with van der Waals surface area (Å²) in [5.74, 6) is 2.24. The minimum atomic E-state index is 0. The molecule has 0 amide bonds. The number of hydrogen-bond donors (Lipinski definition) is 1. The van der Waals surface area contributed by atoms with Crippen LogP contribution in [0.1, 0.15) is 5.56 Å². The predicted molar refractivity (Wildman–Crippen MR) is 101 cm³/mol. The third-order valence-electron chi connectivity index (χ3n) is 3.74. The molecule has 1 heterocycles. The number of methoxy groups -OCH3 is 3. The SMILES string of the molecule is COc1cc2ncnc(Nc3ccc(C)cc3)c2c(OC)c1OC.Cl. The van der Waals surface area contributed by atoms with Crippen LogP contribution in [0.3, 0.4) is 0 Å². The monoisotopic (exact) mass is 361 g/mol. The third-order valence-corrected chi connectivity index (χ3v) is 3.74. The average Bonchev–Trinajstić information content (AvgIpc) is 2.62. The van der Waals surface area contributed by atoms with Crippen LogP contribution >= 0.6 is 12.4 Å². The van der Waals surface area contributed by atoms with Gasteiger partial charge in [-0.05, 0) is 19.1 Å². The number of fused-ring (bicyclic) bond motifs is 1. The highest BCUT2D eigenvalue weighted by Gasteiger charge is 2.20. The van der Waals surface area contributed by atoms with Crippen molar-refractivity contribution in [3.63, 3.8) is 0 Å². The first-order chi connectivity index (χ1) is 11.7. The molecule has 1 aromatic heterocycles. The summed E-state index contributed by atoms with van der Waals surface area (Å²) in [6, 6.07) is 9.87. The number of benzene rings is 2. The van der Waals surface area contributed by atoms with Crippen molar-refractivity contribution >= 4 is 34.8 Å². The van der Waals surface area contributed by atoms with Gasteiger partial charge in [-0.15, -0.1) is 12.4 Å². The van der Waals surface area contributed by atoms with E-state index in [0.717, 1.165) is 11.1 Å². The van der Waals surface area contributed by atoms with Gasteiger partial charge in [0, 0.05) is 11.8 Å². The van der Waals surface area contributed by atoms with Crippen molar-refractivity contribution in [2.24, 2.45) is 0 Å². The summed E-state index contributed by atoms with van der Waals surface area (Å²) in [7, 11) is 4.73. The molecule has 1 N–H and O–H groups in total. The lowest BCUT2D eigenvalue weighted by molar-refractivity contribution is 0.327. The van der Waals surface area contributed by atoms with Crippen molar-refractivity contribution in [1.29, 1.82) is 0 Å². The first-order valence-electron chi connectivity index (χ1n) is 7.45. The number of hydrogen-bond acceptors (Lipinski definition) is 6. The van der Waals surface area contributed by atoms with E-state index in [-0.39, 0.29) is 12.4 Å². The number of aromatic nitrogens is 2. The van der Waals surface area contributed by atoms with Crippen molar-refractivity contribution < 1.29 is 14.2 Å². The van der Waals surface area contributed by atoms with Crippen LogP contribution in [-0.4, -0.2) is 31.3 Å². The van der Waals surface area contributed by atoms with Crippen LogP contribution in [-0.2, 0) is 0 Å². The Bertz CT molecular complexity index is 870. The van der Waals surface area contributed by atoms with Gasteiger partial charge in [-0.25, -0.2) is 9.97 Å². The molecule has 25 heavy (non-hydrogen) atoms. The topological polar surface area (TPSA) is 65.5 Å². The van der Waals surface area contributed by atoms with Gasteiger partial charge in [-0.3, -0.25) is 0 Å². The van der Waals surface area contributed by atoms with Crippen LogP contribution < -0.4 is 19.5 Å². The van der Waals surface area contributed by atoms with Crippen molar-refractivity contribution in [3.05, 3.63) is 42.2 Å². The van der Waals surface area contributed by atoms with Crippen molar-refractivity contribution in [2.75, 3.05) is 26.6 Å². The molecule has 0 aliphatic carbocycles. The molecule has 132 valence electrons. The molecule has 0 aliphatic heterocycles. The molecule has 0 saturated carbocycles. The number of nitrogens with zero attached hydrogens (tertiary/aromatic N) is 2. The Morgan fingerprint density at radius 2 is 1.56 bits per heavy atom. The molecule has 0 aliphatic rings. The third kappa shape index (κ3) is 3.53. The molecule has 3 aromatic rings. The molecule has 0 bridgehead atoms. The zero-order chi connectivity index (χ0) is 17.1. The zero-order valence-corrected chi connectivity index (χ0v) is 15.3. The minimum Gasteiger partial charge on any atom is -0.493 e. The van der Waals surface area contributed by atoms with Gasteiger partial charge in [-0.2, -0.15) is 0 Å². The second-order valence-electron chi connectivity index (χ2n) is 5.25. The first-order valence-corrected chi connectivity index (χ1v) is 7.45. The molecule has 0 atom stereocenters. The molecule has 0 unspecified atom stereocenters. The van der Waals surface area contributed by atoms with Crippen LogP contribution in [0.25, 0.3) is 10.9 Å². The molecule has 6 nitrogen and oxygen atoms in total. The Morgan fingerprint density at radius 1 is 0.880 bits per heavy atom. The van der Waals surface area contributed by atoms with Gasteiger partial charge < -0.3 is 19.5 Å². The van der Waals surface area contributed by atoms with Crippen LogP contribution in [0.4, 0.5) is 11.5 Å². The number of aryl methyl sites for hydroxylation is 1. The lowest BCUT2D eigenvalue weighted by Crippen LogP contribution is -2.01. The molecule has 0 saturated heterocycles. The lowest BCUT2D eigenvalue weighted by Gasteiger charge is -2.16. The van der Waals surface area contributed by atoms with Gasteiger partial charge in [0.05, 0.1) is 32.2 Å². The van der Waals surface area contributed by atoms with E-state index in [1.165, 1.54) is 11.9 Å². The van der Waals surface area contributed by atoms with E-state index in [2.05, 4.69) is 15.3 Å². The van der Waals surface area contributed by atoms with Crippen LogP contribution in [0.5, 0.6) is 17.2 Å². The van der Waals surface area contributed by atoms with Crippen molar-refractivity contribution in [3.8, 4) is 17.2 Å². The summed E-state index contributed by atoms with van der Waals surface area (Å²) >= 11 is 0. The normalized spacial score (nSPS) is 10.1. The number of nitrogens with one attached hydrogen (secondary N) is 1. The quantitative estimate of drug-likeness (QED) is 0.737. The summed E-state index contributed by atoms with van der Waals surface area (Å²) < 4.78 is 16.4. The van der Waals surface area contributed by atoms with Crippen molar-refractivity contribution in [1.82, 2.24) is 9.97 Å². The minimum absolute atomic E-state index is 0. The average molecular weight is 362 g/mol. The molecule has 7 heteroatoms. The van der Waals surface area contributed by atoms with Crippen LogP contribution in [0, 0.1) is 6.92 Å². The maximum Gasteiger partial charge on any atom is 0.204 e. The molecule has 3 rings (SSSR count). The highest BCUT2D eigenvalue weighted by Crippen LogP contribution is 2.45. The number of rotatable bonds is 5. The Kier molecular flexibility index (Phi) is 5.88. The fraction of sp³-hybridized carbons (Fsp3) is 0.222. The summed E-state index contributed by atoms with van der Waals surface area (Å²) in [4.78, 5) is 8.69. The second kappa shape index (κ2) is 7.90. The van der Waals surface area contributed by atoms with Gasteiger partial charge in [0.25, 0.3) is 0 Å². The van der Waals surface area contributed by atoms with E-state index < -0.39 is 0 Å². The smallest absolute Gasteiger partial charge is 0.204 e. The Morgan fingerprint density at radius 3 is 2.16 bits per heavy atom. The molecule has 0 fully saturated rings. The molecular weight excluding hydrogens is 342 g/mol. The van der Waals surface area contributed by atoms with Crippen molar-refractivity contribution in [2.45, 2.75) is 6.92 Å². The van der Waals surface area contributed by atoms with Crippen LogP contribution in [0.15, 0.2) is 36.7 Å². The fourth-order valence-electron chi connectivity index (χ4n) is 2.56. The maximum atomic E-state index is 5.56. The maximum absolute atomic E-state index is 5.56. The number of ether oxygens (including phenoxy) is 3. The van der Waals surface area contributed by atoms with E-state index >= 15 is 0 Å². The predicted octanol–water partition coefficient (Wildman–Crippen LogP) is 4.13. The summed E-state index contributed by atoms with van der Waals surface area (Å²) in [6.45, 7) is 2.05. The summed E-state index contributed by atoms with van der Waals surface area (Å²) in [5.41, 5.74) is 2.82. The molecular formula is C18H20ClN3O3. The van der Waals surface area contributed by atoms with E-state index in [9.17, 15) is 0 Å². The molecule has 0 spiro atoms. The Balaban J connectivity index is 0.00000225. The van der Waals surface area contributed by atoms with Gasteiger partial charge in [0.2, 0.25) is 5.75 Å². The number of halogens is 1. The first kappa shape index (κ1) is 18.6. The lowest BCUT2D eigenvalue weighted by atomic mass is 10.1. The van der Waals surface area contributed by atoms with E-state index in [1.54, 1.807) is 27.4 Å². The summed E-state index contributed by atoms with van der Waals surface area (Å²) in [5, 5.41) is 4.04. The van der Waals surface area contributed by atoms with E-state index in [0.29, 0.717) is 28.6 Å². The van der Waals surface area contributed by atoms with Crippen LogP contribution in [0.2, 0.25) is 0 Å². The highest BCUT2D eigenvalue weighted by atomic mass is 35.5. The van der Waals surface area contributed by atoms with Gasteiger partial charge in [-0.1, -0.05) is 17.7 Å². The zero-order valence-electron chi connectivity index (χ0n) is 14.5.